The summed E-state index contributed by atoms with van der Waals surface area (Å²) in [6, 6.07) is -0.226. The molecule has 0 aromatic rings. The average Bonchev–Trinajstić information content (AvgIpc) is 2.48. The fourth-order valence-corrected chi connectivity index (χ4v) is 1.21. The molecule has 1 amide bonds. The van der Waals surface area contributed by atoms with Crippen molar-refractivity contribution in [1.29, 1.82) is 0 Å². The Morgan fingerprint density at radius 2 is 2.42 bits per heavy atom. The molecule has 1 aliphatic heterocycles. The number of hydrogen-bond acceptors (Lipinski definition) is 3. The van der Waals surface area contributed by atoms with Crippen molar-refractivity contribution in [3.63, 3.8) is 0 Å². The average molecular weight is 171 g/mol. The van der Waals surface area contributed by atoms with Crippen LogP contribution in [-0.4, -0.2) is 48.3 Å². The molecule has 1 rings (SSSR count). The molecule has 0 bridgehead atoms. The third-order valence-corrected chi connectivity index (χ3v) is 2.04. The van der Waals surface area contributed by atoms with E-state index < -0.39 is 6.10 Å². The molecule has 0 aromatic heterocycles. The maximum absolute atomic E-state index is 11.1. The summed E-state index contributed by atoms with van der Waals surface area (Å²) in [6.07, 6.45) is 0.657. The number of nitrogens with zero attached hydrogens (tertiary/aromatic N) is 1. The van der Waals surface area contributed by atoms with Crippen LogP contribution >= 0.6 is 0 Å². The topological polar surface area (TPSA) is 49.8 Å². The number of aliphatic hydroxyl groups is 1. The van der Waals surface area contributed by atoms with Crippen molar-refractivity contribution in [2.45, 2.75) is 12.1 Å². The van der Waals surface area contributed by atoms with Crippen LogP contribution in [0, 0.1) is 0 Å². The Balaban J connectivity index is 2.56. The van der Waals surface area contributed by atoms with Gasteiger partial charge in [0.15, 0.2) is 0 Å². The molecule has 1 N–H and O–H groups in total. The minimum Gasteiger partial charge on any atom is -0.388 e. The molecule has 12 heavy (non-hydrogen) atoms. The molecule has 4 heteroatoms. The number of carbonyl (C=O) groups excluding carboxylic acids is 1. The molecule has 2 atom stereocenters. The lowest BCUT2D eigenvalue weighted by Crippen LogP contribution is -2.43. The van der Waals surface area contributed by atoms with Crippen LogP contribution in [0.5, 0.6) is 0 Å². The predicted octanol–water partition coefficient (Wildman–Crippen LogP) is -0.610. The smallest absolute Gasteiger partial charge is 0.246 e. The maximum atomic E-state index is 11.1. The Labute approximate surface area is 71.4 Å². The van der Waals surface area contributed by atoms with E-state index in [-0.39, 0.29) is 11.9 Å². The van der Waals surface area contributed by atoms with E-state index in [0.717, 1.165) is 0 Å². The van der Waals surface area contributed by atoms with Gasteiger partial charge in [0.25, 0.3) is 0 Å². The third-order valence-electron chi connectivity index (χ3n) is 2.04. The first-order valence-corrected chi connectivity index (χ1v) is 3.82. The van der Waals surface area contributed by atoms with Crippen LogP contribution in [-0.2, 0) is 9.53 Å². The van der Waals surface area contributed by atoms with Crippen LogP contribution in [0.15, 0.2) is 12.7 Å². The highest BCUT2D eigenvalue weighted by atomic mass is 16.5. The van der Waals surface area contributed by atoms with Crippen molar-refractivity contribution < 1.29 is 14.6 Å². The van der Waals surface area contributed by atoms with Gasteiger partial charge in [-0.05, 0) is 6.08 Å². The van der Waals surface area contributed by atoms with E-state index in [1.807, 2.05) is 0 Å². The maximum Gasteiger partial charge on any atom is 0.246 e. The minimum absolute atomic E-state index is 0.190. The first-order chi connectivity index (χ1) is 5.66. The summed E-state index contributed by atoms with van der Waals surface area (Å²) in [6.45, 7) is 4.07. The van der Waals surface area contributed by atoms with Crippen molar-refractivity contribution >= 4 is 5.91 Å². The van der Waals surface area contributed by atoms with Gasteiger partial charge in [-0.3, -0.25) is 4.79 Å². The van der Waals surface area contributed by atoms with Crippen LogP contribution in [0.2, 0.25) is 0 Å². The zero-order valence-electron chi connectivity index (χ0n) is 7.06. The summed E-state index contributed by atoms with van der Waals surface area (Å²) in [5, 5.41) is 9.35. The van der Waals surface area contributed by atoms with Gasteiger partial charge in [0, 0.05) is 7.05 Å². The zero-order chi connectivity index (χ0) is 9.14. The third kappa shape index (κ3) is 1.65. The molecule has 0 spiro atoms. The van der Waals surface area contributed by atoms with Gasteiger partial charge in [0.1, 0.15) is 0 Å². The molecule has 0 radical (unpaired) electrons. The SMILES string of the molecule is C=CC(=O)N(C)[C@@H]1COC[C@H]1O. The van der Waals surface area contributed by atoms with E-state index in [9.17, 15) is 9.90 Å². The quantitative estimate of drug-likeness (QED) is 0.564. The Bertz CT molecular complexity index is 193. The summed E-state index contributed by atoms with van der Waals surface area (Å²) >= 11 is 0. The molecule has 0 aliphatic carbocycles. The molecule has 0 unspecified atom stereocenters. The molecular weight excluding hydrogens is 158 g/mol. The largest absolute Gasteiger partial charge is 0.388 e. The number of likely N-dealkylation sites (N-methyl/N-ethyl adjacent to an activating group) is 1. The van der Waals surface area contributed by atoms with Crippen molar-refractivity contribution in [2.24, 2.45) is 0 Å². The standard InChI is InChI=1S/C8H13NO3/c1-3-8(11)9(2)6-4-12-5-7(6)10/h3,6-7,10H,1,4-5H2,2H3/t6-,7-/m1/s1. The lowest BCUT2D eigenvalue weighted by molar-refractivity contribution is -0.128. The normalized spacial score (nSPS) is 28.5. The number of amides is 1. The lowest BCUT2D eigenvalue weighted by Gasteiger charge is -2.24. The van der Waals surface area contributed by atoms with Gasteiger partial charge in [-0.2, -0.15) is 0 Å². The summed E-state index contributed by atoms with van der Waals surface area (Å²) < 4.78 is 5.01. The van der Waals surface area contributed by atoms with E-state index in [2.05, 4.69) is 6.58 Å². The summed E-state index contributed by atoms with van der Waals surface area (Å²) in [4.78, 5) is 12.5. The second-order valence-electron chi connectivity index (χ2n) is 2.83. The molecule has 1 heterocycles. The monoisotopic (exact) mass is 171 g/mol. The molecule has 1 fully saturated rings. The van der Waals surface area contributed by atoms with Crippen LogP contribution in [0.4, 0.5) is 0 Å². The highest BCUT2D eigenvalue weighted by molar-refractivity contribution is 5.87. The number of hydrogen-bond donors (Lipinski definition) is 1. The number of carbonyl (C=O) groups is 1. The van der Waals surface area contributed by atoms with E-state index in [4.69, 9.17) is 4.74 Å². The lowest BCUT2D eigenvalue weighted by atomic mass is 10.2. The fourth-order valence-electron chi connectivity index (χ4n) is 1.21. The van der Waals surface area contributed by atoms with Crippen LogP contribution in [0.25, 0.3) is 0 Å². The summed E-state index contributed by atoms with van der Waals surface area (Å²) in [5.41, 5.74) is 0. The van der Waals surface area contributed by atoms with Crippen molar-refractivity contribution in [3.05, 3.63) is 12.7 Å². The Morgan fingerprint density at radius 3 is 2.83 bits per heavy atom. The van der Waals surface area contributed by atoms with E-state index >= 15 is 0 Å². The number of ether oxygens (including phenoxy) is 1. The van der Waals surface area contributed by atoms with Crippen LogP contribution in [0.3, 0.4) is 0 Å². The molecule has 1 saturated heterocycles. The first-order valence-electron chi connectivity index (χ1n) is 3.82. The second-order valence-corrected chi connectivity index (χ2v) is 2.83. The predicted molar refractivity (Wildman–Crippen MR) is 43.6 cm³/mol. The Hall–Kier alpha value is -0.870. The first kappa shape index (κ1) is 9.22. The Morgan fingerprint density at radius 1 is 1.75 bits per heavy atom. The van der Waals surface area contributed by atoms with Crippen molar-refractivity contribution in [2.75, 3.05) is 20.3 Å². The fraction of sp³-hybridized carbons (Fsp3) is 0.625. The van der Waals surface area contributed by atoms with Gasteiger partial charge in [-0.25, -0.2) is 0 Å². The minimum atomic E-state index is -0.570. The number of rotatable bonds is 2. The zero-order valence-corrected chi connectivity index (χ0v) is 7.06. The van der Waals surface area contributed by atoms with Gasteiger partial charge >= 0.3 is 0 Å². The highest BCUT2D eigenvalue weighted by Gasteiger charge is 2.31. The highest BCUT2D eigenvalue weighted by Crippen LogP contribution is 2.11. The van der Waals surface area contributed by atoms with Gasteiger partial charge in [0.05, 0.1) is 25.4 Å². The van der Waals surface area contributed by atoms with E-state index in [1.165, 1.54) is 11.0 Å². The number of aliphatic hydroxyl groups excluding tert-OH is 1. The molecular formula is C8H13NO3. The molecule has 68 valence electrons. The van der Waals surface area contributed by atoms with Gasteiger partial charge < -0.3 is 14.7 Å². The summed E-state index contributed by atoms with van der Waals surface area (Å²) in [7, 11) is 1.63. The van der Waals surface area contributed by atoms with Gasteiger partial charge in [0.2, 0.25) is 5.91 Å². The van der Waals surface area contributed by atoms with Gasteiger partial charge in [-0.1, -0.05) is 6.58 Å². The Kier molecular flexibility index (Phi) is 2.83. The van der Waals surface area contributed by atoms with Gasteiger partial charge in [-0.15, -0.1) is 0 Å². The summed E-state index contributed by atoms with van der Waals surface area (Å²) in [5.74, 6) is -0.190. The second kappa shape index (κ2) is 3.69. The van der Waals surface area contributed by atoms with Crippen LogP contribution < -0.4 is 0 Å². The molecule has 1 aliphatic rings. The molecule has 0 saturated carbocycles. The van der Waals surface area contributed by atoms with Crippen molar-refractivity contribution in [3.8, 4) is 0 Å². The van der Waals surface area contributed by atoms with E-state index in [0.29, 0.717) is 13.2 Å². The molecule has 4 nitrogen and oxygen atoms in total. The van der Waals surface area contributed by atoms with Crippen LogP contribution in [0.1, 0.15) is 0 Å². The van der Waals surface area contributed by atoms with Crippen molar-refractivity contribution in [1.82, 2.24) is 4.90 Å². The molecule has 0 aromatic carbocycles. The van der Waals surface area contributed by atoms with E-state index in [1.54, 1.807) is 7.05 Å².